The number of imide groups is 1. The van der Waals surface area contributed by atoms with Crippen molar-refractivity contribution in [2.24, 2.45) is 5.92 Å². The van der Waals surface area contributed by atoms with Gasteiger partial charge in [0.25, 0.3) is 11.8 Å². The fourth-order valence-corrected chi connectivity index (χ4v) is 3.03. The number of carboxylic acids is 1. The highest BCUT2D eigenvalue weighted by atomic mass is 16.4. The molecule has 2 N–H and O–H groups in total. The second-order valence-corrected chi connectivity index (χ2v) is 6.71. The predicted octanol–water partition coefficient (Wildman–Crippen LogP) is 1.25. The van der Waals surface area contributed by atoms with Gasteiger partial charge in [-0.1, -0.05) is 26.0 Å². The molecule has 1 unspecified atom stereocenters. The molecule has 144 valence electrons. The summed E-state index contributed by atoms with van der Waals surface area (Å²) in [4.78, 5) is 61.0. The van der Waals surface area contributed by atoms with Crippen LogP contribution in [-0.4, -0.2) is 52.1 Å². The van der Waals surface area contributed by atoms with Crippen LogP contribution in [-0.2, 0) is 14.4 Å². The monoisotopic (exact) mass is 374 g/mol. The van der Waals surface area contributed by atoms with Gasteiger partial charge >= 0.3 is 5.97 Å². The van der Waals surface area contributed by atoms with Crippen molar-refractivity contribution < 1.29 is 29.1 Å². The van der Waals surface area contributed by atoms with E-state index in [-0.39, 0.29) is 36.3 Å². The summed E-state index contributed by atoms with van der Waals surface area (Å²) in [6.07, 6.45) is 1.21. The Morgan fingerprint density at radius 1 is 1.15 bits per heavy atom. The van der Waals surface area contributed by atoms with Crippen molar-refractivity contribution in [3.05, 3.63) is 35.4 Å². The lowest BCUT2D eigenvalue weighted by atomic mass is 10.0. The maximum Gasteiger partial charge on any atom is 0.326 e. The smallest absolute Gasteiger partial charge is 0.326 e. The van der Waals surface area contributed by atoms with Crippen molar-refractivity contribution >= 4 is 30.0 Å². The van der Waals surface area contributed by atoms with Crippen LogP contribution in [0, 0.1) is 5.92 Å². The van der Waals surface area contributed by atoms with E-state index in [9.17, 15) is 29.1 Å². The molecular weight excluding hydrogens is 352 g/mol. The normalized spacial score (nSPS) is 15.4. The molecule has 0 bridgehead atoms. The molecule has 27 heavy (non-hydrogen) atoms. The van der Waals surface area contributed by atoms with Crippen LogP contribution >= 0.6 is 0 Å². The fraction of sp³-hybridized carbons (Fsp3) is 0.421. The van der Waals surface area contributed by atoms with Crippen molar-refractivity contribution in [1.82, 2.24) is 10.2 Å². The average molecular weight is 374 g/mol. The minimum atomic E-state index is -1.20. The summed E-state index contributed by atoms with van der Waals surface area (Å²) in [7, 11) is 0. The minimum absolute atomic E-state index is 0.0699. The Morgan fingerprint density at radius 3 is 2.15 bits per heavy atom. The molecule has 2 rings (SSSR count). The highest BCUT2D eigenvalue weighted by molar-refractivity contribution is 6.22. The Bertz CT molecular complexity index is 738. The van der Waals surface area contributed by atoms with E-state index in [0.29, 0.717) is 6.29 Å². The van der Waals surface area contributed by atoms with E-state index >= 15 is 0 Å². The van der Waals surface area contributed by atoms with E-state index in [1.807, 2.05) is 0 Å². The summed E-state index contributed by atoms with van der Waals surface area (Å²) in [5.41, 5.74) is 0.406. The van der Waals surface area contributed by atoms with Gasteiger partial charge in [0.05, 0.1) is 11.1 Å². The maximum absolute atomic E-state index is 12.8. The Morgan fingerprint density at radius 2 is 1.70 bits per heavy atom. The Hall–Kier alpha value is -3.03. The zero-order valence-electron chi connectivity index (χ0n) is 15.2. The first-order valence-corrected chi connectivity index (χ1v) is 8.73. The third-order valence-corrected chi connectivity index (χ3v) is 4.47. The lowest BCUT2D eigenvalue weighted by Gasteiger charge is -2.27. The van der Waals surface area contributed by atoms with Crippen LogP contribution in [0.25, 0.3) is 0 Å². The van der Waals surface area contributed by atoms with Crippen LogP contribution in [0.5, 0.6) is 0 Å². The van der Waals surface area contributed by atoms with Gasteiger partial charge in [-0.15, -0.1) is 0 Å². The van der Waals surface area contributed by atoms with Gasteiger partial charge in [-0.2, -0.15) is 0 Å². The van der Waals surface area contributed by atoms with E-state index in [1.54, 1.807) is 26.0 Å². The lowest BCUT2D eigenvalue weighted by molar-refractivity contribution is -0.143. The number of amides is 3. The summed E-state index contributed by atoms with van der Waals surface area (Å²) in [6.45, 7) is 3.28. The average Bonchev–Trinajstić information content (AvgIpc) is 2.87. The summed E-state index contributed by atoms with van der Waals surface area (Å²) in [6, 6.07) is 3.91. The molecular formula is C19H22N2O6. The van der Waals surface area contributed by atoms with E-state index in [0.717, 1.165) is 4.90 Å². The zero-order valence-corrected chi connectivity index (χ0v) is 15.2. The Kier molecular flexibility index (Phi) is 6.44. The highest BCUT2D eigenvalue weighted by Gasteiger charge is 2.43. The molecule has 0 aromatic heterocycles. The molecule has 0 aliphatic carbocycles. The molecule has 3 amide bonds. The molecule has 1 aromatic carbocycles. The third-order valence-electron chi connectivity index (χ3n) is 4.47. The molecule has 0 fully saturated rings. The number of unbranched alkanes of at least 4 members (excludes halogenated alkanes) is 1. The van der Waals surface area contributed by atoms with E-state index in [2.05, 4.69) is 5.32 Å². The number of nitrogens with one attached hydrogen (secondary N) is 1. The number of carbonyl (C=O) groups excluding carboxylic acids is 4. The number of carboxylic acid groups (broad SMARTS) is 1. The Labute approximate surface area is 156 Å². The first-order valence-electron chi connectivity index (χ1n) is 8.73. The second-order valence-electron chi connectivity index (χ2n) is 6.71. The van der Waals surface area contributed by atoms with Crippen molar-refractivity contribution in [1.29, 1.82) is 0 Å². The molecule has 0 saturated heterocycles. The van der Waals surface area contributed by atoms with Crippen LogP contribution in [0.1, 0.15) is 53.8 Å². The number of benzene rings is 1. The summed E-state index contributed by atoms with van der Waals surface area (Å²) in [5, 5.41) is 11.7. The van der Waals surface area contributed by atoms with Gasteiger partial charge in [0.1, 0.15) is 18.4 Å². The molecule has 0 spiro atoms. The van der Waals surface area contributed by atoms with Gasteiger partial charge in [0, 0.05) is 6.42 Å². The quantitative estimate of drug-likeness (QED) is 0.381. The van der Waals surface area contributed by atoms with Gasteiger partial charge in [-0.25, -0.2) is 4.79 Å². The number of carbonyl (C=O) groups is 5. The second kappa shape index (κ2) is 8.57. The molecule has 0 saturated carbocycles. The van der Waals surface area contributed by atoms with Gasteiger partial charge < -0.3 is 15.2 Å². The summed E-state index contributed by atoms with van der Waals surface area (Å²) in [5.74, 6) is -3.51. The maximum atomic E-state index is 12.8. The number of hydrogen-bond donors (Lipinski definition) is 2. The molecule has 1 aliphatic rings. The fourth-order valence-electron chi connectivity index (χ4n) is 3.03. The van der Waals surface area contributed by atoms with Crippen LogP contribution < -0.4 is 5.32 Å². The highest BCUT2D eigenvalue weighted by Crippen LogP contribution is 2.26. The largest absolute Gasteiger partial charge is 0.480 e. The first-order chi connectivity index (χ1) is 12.8. The number of nitrogens with zero attached hydrogens (tertiary/aromatic N) is 1. The van der Waals surface area contributed by atoms with Crippen LogP contribution in [0.3, 0.4) is 0 Å². The lowest BCUT2D eigenvalue weighted by Crippen LogP contribution is -2.54. The number of aldehydes is 1. The van der Waals surface area contributed by atoms with Crippen molar-refractivity contribution in [2.45, 2.75) is 45.2 Å². The molecule has 1 aliphatic heterocycles. The van der Waals surface area contributed by atoms with E-state index in [1.165, 1.54) is 12.1 Å². The van der Waals surface area contributed by atoms with Crippen LogP contribution in [0.4, 0.5) is 0 Å². The molecule has 2 atom stereocenters. The van der Waals surface area contributed by atoms with Crippen molar-refractivity contribution in [3.63, 3.8) is 0 Å². The van der Waals surface area contributed by atoms with Crippen molar-refractivity contribution in [2.75, 3.05) is 0 Å². The SMILES string of the molecule is CC(C)[C@H](NC(=O)C(CCCC=O)N1C(=O)c2ccccc2C1=O)C(=O)O. The van der Waals surface area contributed by atoms with Gasteiger partial charge in [-0.3, -0.25) is 19.3 Å². The number of rotatable bonds is 9. The topological polar surface area (TPSA) is 121 Å². The molecule has 1 aromatic rings. The third kappa shape index (κ3) is 4.21. The van der Waals surface area contributed by atoms with E-state index in [4.69, 9.17) is 0 Å². The van der Waals surface area contributed by atoms with Gasteiger partial charge in [-0.05, 0) is 30.9 Å². The number of aliphatic carboxylic acids is 1. The number of fused-ring (bicyclic) bond motifs is 1. The predicted molar refractivity (Wildman–Crippen MR) is 95.0 cm³/mol. The molecule has 8 nitrogen and oxygen atoms in total. The first kappa shape index (κ1) is 20.3. The zero-order chi connectivity index (χ0) is 20.1. The summed E-state index contributed by atoms with van der Waals surface area (Å²) < 4.78 is 0. The van der Waals surface area contributed by atoms with Crippen LogP contribution in [0.15, 0.2) is 24.3 Å². The number of hydrogen-bond acceptors (Lipinski definition) is 5. The Balaban J connectivity index is 2.30. The van der Waals surface area contributed by atoms with Gasteiger partial charge in [0.2, 0.25) is 5.91 Å². The van der Waals surface area contributed by atoms with Crippen molar-refractivity contribution in [3.8, 4) is 0 Å². The molecule has 1 heterocycles. The van der Waals surface area contributed by atoms with E-state index < -0.39 is 35.8 Å². The molecule has 8 heteroatoms. The summed E-state index contributed by atoms with van der Waals surface area (Å²) >= 11 is 0. The standard InChI is InChI=1S/C19H22N2O6/c1-11(2)15(19(26)27)20-16(23)14(9-5-6-10-22)21-17(24)12-7-3-4-8-13(12)18(21)25/h3-4,7-8,10-11,14-15H,5-6,9H2,1-2H3,(H,20,23)(H,26,27)/t14?,15-/m0/s1. The minimum Gasteiger partial charge on any atom is -0.480 e. The molecule has 0 radical (unpaired) electrons. The van der Waals surface area contributed by atoms with Crippen LogP contribution in [0.2, 0.25) is 0 Å². The van der Waals surface area contributed by atoms with Gasteiger partial charge in [0.15, 0.2) is 0 Å².